The molecule has 4 nitrogen and oxygen atoms in total. The van der Waals surface area contributed by atoms with Gasteiger partial charge in [0.15, 0.2) is 5.69 Å². The number of aryl methyl sites for hydroxylation is 1. The number of nitrogens with zero attached hydrogens (tertiary/aromatic N) is 1. The molecule has 0 saturated heterocycles. The van der Waals surface area contributed by atoms with E-state index in [-0.39, 0.29) is 5.91 Å². The predicted octanol–water partition coefficient (Wildman–Crippen LogP) is 4.28. The molecular formula is C17H20N2O2. The lowest BCUT2D eigenvalue weighted by atomic mass is 9.84. The van der Waals surface area contributed by atoms with E-state index in [4.69, 9.17) is 4.52 Å². The second kappa shape index (κ2) is 6.12. The summed E-state index contributed by atoms with van der Waals surface area (Å²) in [5, 5.41) is 6.56. The summed E-state index contributed by atoms with van der Waals surface area (Å²) in [5.41, 5.74) is 2.48. The Balaban J connectivity index is 1.65. The highest BCUT2D eigenvalue weighted by molar-refractivity contribution is 6.02. The van der Waals surface area contributed by atoms with Crippen LogP contribution in [0.15, 0.2) is 34.9 Å². The quantitative estimate of drug-likeness (QED) is 0.915. The lowest BCUT2D eigenvalue weighted by Crippen LogP contribution is -2.12. The van der Waals surface area contributed by atoms with Crippen LogP contribution in [0.1, 0.15) is 59.8 Å². The average Bonchev–Trinajstić information content (AvgIpc) is 2.96. The van der Waals surface area contributed by atoms with Gasteiger partial charge in [-0.15, -0.1) is 0 Å². The van der Waals surface area contributed by atoms with Gasteiger partial charge in [-0.25, -0.2) is 0 Å². The van der Waals surface area contributed by atoms with Crippen LogP contribution in [-0.4, -0.2) is 11.1 Å². The minimum Gasteiger partial charge on any atom is -0.361 e. The fourth-order valence-corrected chi connectivity index (χ4v) is 2.94. The fourth-order valence-electron chi connectivity index (χ4n) is 2.94. The van der Waals surface area contributed by atoms with E-state index in [2.05, 4.69) is 22.6 Å². The van der Waals surface area contributed by atoms with E-state index in [1.165, 1.54) is 37.7 Å². The van der Waals surface area contributed by atoms with Crippen LogP contribution in [0.5, 0.6) is 0 Å². The molecule has 0 unspecified atom stereocenters. The van der Waals surface area contributed by atoms with Gasteiger partial charge in [0.05, 0.1) is 0 Å². The molecule has 4 heteroatoms. The molecule has 1 aromatic carbocycles. The lowest BCUT2D eigenvalue weighted by Gasteiger charge is -2.22. The van der Waals surface area contributed by atoms with Gasteiger partial charge < -0.3 is 9.84 Å². The van der Waals surface area contributed by atoms with Crippen molar-refractivity contribution in [3.63, 3.8) is 0 Å². The molecule has 0 aliphatic heterocycles. The molecule has 3 rings (SSSR count). The molecule has 0 atom stereocenters. The van der Waals surface area contributed by atoms with Crippen molar-refractivity contribution in [1.29, 1.82) is 0 Å². The van der Waals surface area contributed by atoms with Gasteiger partial charge >= 0.3 is 0 Å². The fraction of sp³-hybridized carbons (Fsp3) is 0.412. The number of rotatable bonds is 3. The van der Waals surface area contributed by atoms with Gasteiger partial charge in [0.25, 0.3) is 5.91 Å². The number of carbonyl (C=O) groups excluding carboxylic acids is 1. The first-order valence-corrected chi connectivity index (χ1v) is 7.57. The SMILES string of the molecule is Cc1cc(C(=O)Nc2ccc(C3CCCCC3)cc2)no1. The molecule has 0 radical (unpaired) electrons. The molecule has 1 heterocycles. The summed E-state index contributed by atoms with van der Waals surface area (Å²) in [4.78, 5) is 12.0. The third-order valence-electron chi connectivity index (χ3n) is 4.11. The van der Waals surface area contributed by atoms with Crippen LogP contribution in [0.2, 0.25) is 0 Å². The van der Waals surface area contributed by atoms with Gasteiger partial charge in [0.2, 0.25) is 0 Å². The molecule has 1 fully saturated rings. The van der Waals surface area contributed by atoms with Crippen molar-refractivity contribution in [2.45, 2.75) is 44.9 Å². The number of nitrogens with one attached hydrogen (secondary N) is 1. The molecule has 1 saturated carbocycles. The van der Waals surface area contributed by atoms with Gasteiger partial charge in [-0.05, 0) is 43.4 Å². The summed E-state index contributed by atoms with van der Waals surface area (Å²) < 4.78 is 4.91. The van der Waals surface area contributed by atoms with E-state index < -0.39 is 0 Å². The Morgan fingerprint density at radius 2 is 1.90 bits per heavy atom. The molecule has 1 aliphatic carbocycles. The van der Waals surface area contributed by atoms with E-state index in [0.29, 0.717) is 17.4 Å². The number of aromatic nitrogens is 1. The lowest BCUT2D eigenvalue weighted by molar-refractivity contribution is 0.101. The number of hydrogen-bond acceptors (Lipinski definition) is 3. The molecule has 1 N–H and O–H groups in total. The van der Waals surface area contributed by atoms with Crippen LogP contribution >= 0.6 is 0 Å². The third-order valence-corrected chi connectivity index (χ3v) is 4.11. The van der Waals surface area contributed by atoms with E-state index in [9.17, 15) is 4.79 Å². The molecular weight excluding hydrogens is 264 g/mol. The Bertz CT molecular complexity index is 610. The first-order chi connectivity index (χ1) is 10.2. The Hall–Kier alpha value is -2.10. The number of carbonyl (C=O) groups is 1. The highest BCUT2D eigenvalue weighted by atomic mass is 16.5. The first kappa shape index (κ1) is 13.9. The van der Waals surface area contributed by atoms with Crippen LogP contribution in [-0.2, 0) is 0 Å². The molecule has 1 aromatic heterocycles. The monoisotopic (exact) mass is 284 g/mol. The maximum atomic E-state index is 12.0. The molecule has 1 amide bonds. The van der Waals surface area contributed by atoms with Gasteiger partial charge in [-0.3, -0.25) is 4.79 Å². The minimum absolute atomic E-state index is 0.239. The summed E-state index contributed by atoms with van der Waals surface area (Å²) in [6.07, 6.45) is 6.58. The largest absolute Gasteiger partial charge is 0.361 e. The Kier molecular flexibility index (Phi) is 4.04. The molecule has 0 bridgehead atoms. The third kappa shape index (κ3) is 3.32. The second-order valence-electron chi connectivity index (χ2n) is 5.73. The number of hydrogen-bond donors (Lipinski definition) is 1. The van der Waals surface area contributed by atoms with Crippen molar-refractivity contribution in [2.24, 2.45) is 0 Å². The number of benzene rings is 1. The van der Waals surface area contributed by atoms with Gasteiger partial charge in [0, 0.05) is 11.8 Å². The zero-order valence-electron chi connectivity index (χ0n) is 12.3. The molecule has 110 valence electrons. The average molecular weight is 284 g/mol. The summed E-state index contributed by atoms with van der Waals surface area (Å²) in [5.74, 6) is 1.08. The summed E-state index contributed by atoms with van der Waals surface area (Å²) >= 11 is 0. The highest BCUT2D eigenvalue weighted by Gasteiger charge is 2.16. The van der Waals surface area contributed by atoms with E-state index in [0.717, 1.165) is 5.69 Å². The Labute approximate surface area is 124 Å². The van der Waals surface area contributed by atoms with E-state index in [1.54, 1.807) is 13.0 Å². The van der Waals surface area contributed by atoms with Crippen LogP contribution < -0.4 is 5.32 Å². The maximum Gasteiger partial charge on any atom is 0.277 e. The summed E-state index contributed by atoms with van der Waals surface area (Å²) in [7, 11) is 0. The van der Waals surface area contributed by atoms with Crippen molar-refractivity contribution in [1.82, 2.24) is 5.16 Å². The zero-order valence-corrected chi connectivity index (χ0v) is 12.3. The van der Waals surface area contributed by atoms with Crippen molar-refractivity contribution in [3.8, 4) is 0 Å². The van der Waals surface area contributed by atoms with Crippen LogP contribution in [0.4, 0.5) is 5.69 Å². The van der Waals surface area contributed by atoms with Crippen LogP contribution in [0, 0.1) is 6.92 Å². The van der Waals surface area contributed by atoms with Crippen molar-refractivity contribution in [2.75, 3.05) is 5.32 Å². The standard InChI is InChI=1S/C17H20N2O2/c1-12-11-16(19-21-12)17(20)18-15-9-7-14(8-10-15)13-5-3-2-4-6-13/h7-11,13H,2-6H2,1H3,(H,18,20). The second-order valence-corrected chi connectivity index (χ2v) is 5.73. The van der Waals surface area contributed by atoms with Gasteiger partial charge in [-0.2, -0.15) is 0 Å². The Morgan fingerprint density at radius 1 is 1.19 bits per heavy atom. The highest BCUT2D eigenvalue weighted by Crippen LogP contribution is 2.32. The molecule has 1 aliphatic rings. The van der Waals surface area contributed by atoms with Gasteiger partial charge in [0.1, 0.15) is 5.76 Å². The van der Waals surface area contributed by atoms with Crippen LogP contribution in [0.25, 0.3) is 0 Å². The predicted molar refractivity (Wildman–Crippen MR) is 81.5 cm³/mol. The zero-order chi connectivity index (χ0) is 14.7. The minimum atomic E-state index is -0.239. The number of anilines is 1. The summed E-state index contributed by atoms with van der Waals surface area (Å²) in [6.45, 7) is 1.77. The van der Waals surface area contributed by atoms with E-state index in [1.807, 2.05) is 12.1 Å². The molecule has 0 spiro atoms. The van der Waals surface area contributed by atoms with Crippen molar-refractivity contribution >= 4 is 11.6 Å². The van der Waals surface area contributed by atoms with E-state index >= 15 is 0 Å². The van der Waals surface area contributed by atoms with Crippen LogP contribution in [0.3, 0.4) is 0 Å². The smallest absolute Gasteiger partial charge is 0.277 e. The van der Waals surface area contributed by atoms with Gasteiger partial charge in [-0.1, -0.05) is 36.6 Å². The van der Waals surface area contributed by atoms with Crippen molar-refractivity contribution < 1.29 is 9.32 Å². The first-order valence-electron chi connectivity index (χ1n) is 7.57. The topological polar surface area (TPSA) is 55.1 Å². The number of amides is 1. The van der Waals surface area contributed by atoms with Crippen molar-refractivity contribution in [3.05, 3.63) is 47.3 Å². The summed E-state index contributed by atoms with van der Waals surface area (Å²) in [6, 6.07) is 9.81. The normalized spacial score (nSPS) is 15.9. The maximum absolute atomic E-state index is 12.0. The Morgan fingerprint density at radius 3 is 2.52 bits per heavy atom. The molecule has 2 aromatic rings. The molecule has 21 heavy (non-hydrogen) atoms.